The van der Waals surface area contributed by atoms with E-state index in [1.54, 1.807) is 12.3 Å². The van der Waals surface area contributed by atoms with Gasteiger partial charge in [-0.3, -0.25) is 4.79 Å². The first kappa shape index (κ1) is 20.5. The van der Waals surface area contributed by atoms with Gasteiger partial charge in [0, 0.05) is 44.5 Å². The minimum Gasteiger partial charge on any atom is -0.353 e. The van der Waals surface area contributed by atoms with E-state index in [1.165, 1.54) is 0 Å². The Labute approximate surface area is 182 Å². The van der Waals surface area contributed by atoms with Crippen molar-refractivity contribution < 1.29 is 4.79 Å². The maximum atomic E-state index is 12.6. The normalized spacial score (nSPS) is 14.1. The Kier molecular flexibility index (Phi) is 6.21. The van der Waals surface area contributed by atoms with Gasteiger partial charge in [-0.1, -0.05) is 30.3 Å². The number of rotatable bonds is 5. The van der Waals surface area contributed by atoms with Crippen molar-refractivity contribution in [1.29, 1.82) is 0 Å². The molecule has 0 bridgehead atoms. The van der Waals surface area contributed by atoms with Crippen molar-refractivity contribution in [2.45, 2.75) is 13.8 Å². The summed E-state index contributed by atoms with van der Waals surface area (Å²) in [6, 6.07) is 15.7. The van der Waals surface area contributed by atoms with Gasteiger partial charge in [0.15, 0.2) is 0 Å². The van der Waals surface area contributed by atoms with Crippen LogP contribution in [0.2, 0.25) is 0 Å². The highest BCUT2D eigenvalue weighted by molar-refractivity contribution is 5.92. The van der Waals surface area contributed by atoms with Gasteiger partial charge in [0.1, 0.15) is 23.3 Å². The molecule has 158 valence electrons. The molecule has 7 nitrogen and oxygen atoms in total. The standard InChI is InChI=1S/C24H26N6O/c1-18-7-3-4-8-20(18)10-11-24(31)30-15-13-29(14-16-30)23-17-22(26-19(2)27-23)28-21-9-5-6-12-25-21/h3-12,17H,13-16H2,1-2H3,(H,25,26,27,28)/b11-10+. The van der Waals surface area contributed by atoms with Gasteiger partial charge in [-0.2, -0.15) is 0 Å². The van der Waals surface area contributed by atoms with E-state index in [2.05, 4.69) is 25.2 Å². The van der Waals surface area contributed by atoms with E-state index < -0.39 is 0 Å². The molecule has 0 radical (unpaired) electrons. The van der Waals surface area contributed by atoms with Crippen LogP contribution in [0.5, 0.6) is 0 Å². The van der Waals surface area contributed by atoms with Gasteiger partial charge in [-0.25, -0.2) is 15.0 Å². The van der Waals surface area contributed by atoms with Crippen LogP contribution in [0, 0.1) is 13.8 Å². The quantitative estimate of drug-likeness (QED) is 0.643. The summed E-state index contributed by atoms with van der Waals surface area (Å²) < 4.78 is 0. The molecule has 1 N–H and O–H groups in total. The van der Waals surface area contributed by atoms with Crippen LogP contribution < -0.4 is 10.2 Å². The maximum absolute atomic E-state index is 12.6. The van der Waals surface area contributed by atoms with Gasteiger partial charge in [0.25, 0.3) is 0 Å². The van der Waals surface area contributed by atoms with Crippen molar-refractivity contribution in [3.8, 4) is 0 Å². The molecular weight excluding hydrogens is 388 g/mol. The average Bonchev–Trinajstić information content (AvgIpc) is 2.79. The summed E-state index contributed by atoms with van der Waals surface area (Å²) >= 11 is 0. The summed E-state index contributed by atoms with van der Waals surface area (Å²) in [7, 11) is 0. The second kappa shape index (κ2) is 9.38. The molecule has 1 amide bonds. The Morgan fingerprint density at radius 3 is 2.48 bits per heavy atom. The number of aromatic nitrogens is 3. The van der Waals surface area contributed by atoms with Crippen molar-refractivity contribution in [1.82, 2.24) is 19.9 Å². The Morgan fingerprint density at radius 2 is 1.74 bits per heavy atom. The first-order chi connectivity index (χ1) is 15.1. The number of carbonyl (C=O) groups excluding carboxylic acids is 1. The van der Waals surface area contributed by atoms with Crippen LogP contribution in [0.3, 0.4) is 0 Å². The van der Waals surface area contributed by atoms with Crippen LogP contribution >= 0.6 is 0 Å². The third-order valence-electron chi connectivity index (χ3n) is 5.25. The zero-order valence-corrected chi connectivity index (χ0v) is 17.8. The molecule has 31 heavy (non-hydrogen) atoms. The minimum atomic E-state index is 0.0410. The van der Waals surface area contributed by atoms with Crippen molar-refractivity contribution >= 4 is 29.4 Å². The topological polar surface area (TPSA) is 74.2 Å². The number of pyridine rings is 1. The zero-order valence-electron chi connectivity index (χ0n) is 17.8. The smallest absolute Gasteiger partial charge is 0.246 e. The molecule has 7 heteroatoms. The third kappa shape index (κ3) is 5.25. The molecule has 0 atom stereocenters. The molecule has 1 aliphatic rings. The second-order valence-corrected chi connectivity index (χ2v) is 7.50. The van der Waals surface area contributed by atoms with E-state index in [0.29, 0.717) is 24.7 Å². The van der Waals surface area contributed by atoms with Crippen LogP contribution in [0.4, 0.5) is 17.5 Å². The van der Waals surface area contributed by atoms with Gasteiger partial charge in [0.05, 0.1) is 0 Å². The predicted molar refractivity (Wildman–Crippen MR) is 123 cm³/mol. The molecule has 0 spiro atoms. The lowest BCUT2D eigenvalue weighted by atomic mass is 10.1. The Morgan fingerprint density at radius 1 is 0.968 bits per heavy atom. The number of nitrogens with one attached hydrogen (secondary N) is 1. The predicted octanol–water partition coefficient (Wildman–Crippen LogP) is 3.59. The van der Waals surface area contributed by atoms with E-state index in [-0.39, 0.29) is 5.91 Å². The molecule has 3 aromatic rings. The molecule has 4 rings (SSSR count). The van der Waals surface area contributed by atoms with Crippen molar-refractivity contribution in [2.75, 3.05) is 36.4 Å². The number of hydrogen-bond acceptors (Lipinski definition) is 6. The van der Waals surface area contributed by atoms with Crippen molar-refractivity contribution in [2.24, 2.45) is 0 Å². The summed E-state index contributed by atoms with van der Waals surface area (Å²) in [5, 5.41) is 3.23. The molecule has 0 saturated carbocycles. The summed E-state index contributed by atoms with van der Waals surface area (Å²) in [4.78, 5) is 30.0. The SMILES string of the molecule is Cc1nc(Nc2ccccn2)cc(N2CCN(C(=O)/C=C/c3ccccc3C)CC2)n1. The lowest BCUT2D eigenvalue weighted by Gasteiger charge is -2.35. The average molecular weight is 415 g/mol. The highest BCUT2D eigenvalue weighted by Gasteiger charge is 2.21. The summed E-state index contributed by atoms with van der Waals surface area (Å²) in [5.74, 6) is 3.03. The maximum Gasteiger partial charge on any atom is 0.246 e. The number of carbonyl (C=O) groups is 1. The largest absolute Gasteiger partial charge is 0.353 e. The highest BCUT2D eigenvalue weighted by atomic mass is 16.2. The Hall–Kier alpha value is -3.74. The van der Waals surface area contributed by atoms with E-state index in [0.717, 1.165) is 35.9 Å². The molecule has 3 heterocycles. The molecule has 1 aromatic carbocycles. The van der Waals surface area contributed by atoms with Gasteiger partial charge in [0.2, 0.25) is 5.91 Å². The summed E-state index contributed by atoms with van der Waals surface area (Å²) in [5.41, 5.74) is 2.23. The van der Waals surface area contributed by atoms with Crippen LogP contribution in [0.15, 0.2) is 60.8 Å². The van der Waals surface area contributed by atoms with Crippen LogP contribution in [0.25, 0.3) is 6.08 Å². The lowest BCUT2D eigenvalue weighted by Crippen LogP contribution is -2.48. The molecule has 1 aliphatic heterocycles. The van der Waals surface area contributed by atoms with Crippen LogP contribution in [-0.2, 0) is 4.79 Å². The second-order valence-electron chi connectivity index (χ2n) is 7.50. The fourth-order valence-corrected chi connectivity index (χ4v) is 3.54. The fraction of sp³-hybridized carbons (Fsp3) is 0.250. The Bertz CT molecular complexity index is 1070. The van der Waals surface area contributed by atoms with Gasteiger partial charge in [-0.15, -0.1) is 0 Å². The van der Waals surface area contributed by atoms with Crippen LogP contribution in [-0.4, -0.2) is 51.9 Å². The number of hydrogen-bond donors (Lipinski definition) is 1. The first-order valence-electron chi connectivity index (χ1n) is 10.4. The molecule has 1 fully saturated rings. The summed E-state index contributed by atoms with van der Waals surface area (Å²) in [6.07, 6.45) is 5.30. The highest BCUT2D eigenvalue weighted by Crippen LogP contribution is 2.20. The minimum absolute atomic E-state index is 0.0410. The van der Waals surface area contributed by atoms with E-state index in [1.807, 2.05) is 73.4 Å². The van der Waals surface area contributed by atoms with Gasteiger partial charge in [-0.05, 0) is 43.2 Å². The number of piperazine rings is 1. The molecule has 0 aliphatic carbocycles. The van der Waals surface area contributed by atoms with E-state index in [9.17, 15) is 4.79 Å². The molecule has 1 saturated heterocycles. The molecular formula is C24H26N6O. The molecule has 2 aromatic heterocycles. The van der Waals surface area contributed by atoms with Gasteiger partial charge < -0.3 is 15.1 Å². The van der Waals surface area contributed by atoms with Crippen molar-refractivity contribution in [3.63, 3.8) is 0 Å². The van der Waals surface area contributed by atoms with E-state index >= 15 is 0 Å². The first-order valence-corrected chi connectivity index (χ1v) is 10.4. The summed E-state index contributed by atoms with van der Waals surface area (Å²) in [6.45, 7) is 6.69. The number of benzene rings is 1. The van der Waals surface area contributed by atoms with Crippen molar-refractivity contribution in [3.05, 3.63) is 77.8 Å². The van der Waals surface area contributed by atoms with E-state index in [4.69, 9.17) is 0 Å². The monoisotopic (exact) mass is 414 g/mol. The third-order valence-corrected chi connectivity index (χ3v) is 5.25. The zero-order chi connectivity index (χ0) is 21.6. The fourth-order valence-electron chi connectivity index (χ4n) is 3.54. The number of amides is 1. The Balaban J connectivity index is 1.38. The molecule has 0 unspecified atom stereocenters. The number of aryl methyl sites for hydroxylation is 2. The van der Waals surface area contributed by atoms with Crippen LogP contribution in [0.1, 0.15) is 17.0 Å². The number of nitrogens with zero attached hydrogens (tertiary/aromatic N) is 5. The van der Waals surface area contributed by atoms with Gasteiger partial charge >= 0.3 is 0 Å². The number of anilines is 3. The lowest BCUT2D eigenvalue weighted by molar-refractivity contribution is -0.126.